The molecule has 38 heavy (non-hydrogen) atoms. The molecule has 0 spiro atoms. The van der Waals surface area contributed by atoms with Crippen LogP contribution in [-0.4, -0.2) is 0 Å². The number of hydrogen-bond acceptors (Lipinski definition) is 0. The van der Waals surface area contributed by atoms with Crippen LogP contribution in [0.4, 0.5) is 0 Å². The van der Waals surface area contributed by atoms with Crippen molar-refractivity contribution >= 4 is 21.5 Å². The van der Waals surface area contributed by atoms with Gasteiger partial charge >= 0.3 is 0 Å². The summed E-state index contributed by atoms with van der Waals surface area (Å²) in [4.78, 5) is 0. The molecule has 0 fully saturated rings. The fourth-order valence-electron chi connectivity index (χ4n) is 5.55. The molecule has 0 amide bonds. The van der Waals surface area contributed by atoms with E-state index in [1.807, 2.05) is 0 Å². The minimum absolute atomic E-state index is 1.10. The summed E-state index contributed by atoms with van der Waals surface area (Å²) >= 11 is 0. The Bertz CT molecular complexity index is 1550. The van der Waals surface area contributed by atoms with Gasteiger partial charge in [-0.1, -0.05) is 146 Å². The summed E-state index contributed by atoms with van der Waals surface area (Å²) in [5.74, 6) is 0. The fraction of sp³-hybridized carbons (Fsp3) is 0.105. The lowest BCUT2D eigenvalue weighted by Gasteiger charge is -2.18. The maximum absolute atomic E-state index is 2.24. The first-order valence-electron chi connectivity index (χ1n) is 13.6. The highest BCUT2D eigenvalue weighted by molar-refractivity contribution is 6.07. The van der Waals surface area contributed by atoms with E-state index in [2.05, 4.69) is 146 Å². The summed E-state index contributed by atoms with van der Waals surface area (Å²) in [5, 5.41) is 5.30. The van der Waals surface area contributed by atoms with Gasteiger partial charge in [0.2, 0.25) is 0 Å². The third-order valence-corrected chi connectivity index (χ3v) is 7.61. The smallest absolute Gasteiger partial charge is 0.00201 e. The van der Waals surface area contributed by atoms with Crippen molar-refractivity contribution in [2.45, 2.75) is 25.7 Å². The molecule has 0 aromatic heterocycles. The fourth-order valence-corrected chi connectivity index (χ4v) is 5.55. The van der Waals surface area contributed by atoms with Gasteiger partial charge in [0.25, 0.3) is 0 Å². The van der Waals surface area contributed by atoms with E-state index < -0.39 is 0 Å². The van der Waals surface area contributed by atoms with Crippen molar-refractivity contribution in [3.05, 3.63) is 179 Å². The van der Waals surface area contributed by atoms with Crippen LogP contribution in [0.3, 0.4) is 0 Å². The van der Waals surface area contributed by atoms with Crippen molar-refractivity contribution in [2.75, 3.05) is 0 Å². The van der Waals surface area contributed by atoms with Crippen LogP contribution in [0, 0.1) is 0 Å². The standard InChI is InChI=1S/C14H10.C14H12.C10H10/c1-3-7-13-11(5-1)9-10-12-6-2-4-8-14(12)13;1-2-6-12-10-14-8-4-3-7-13(14)9-11(12)5-1;1-2-6-10-8-4-3-7-9(10)5-1/h1-10H;1-8H,9-10H2;1-6H,7-8H2. The second-order valence-electron chi connectivity index (χ2n) is 10.0. The molecule has 184 valence electrons. The van der Waals surface area contributed by atoms with Gasteiger partial charge in [0.15, 0.2) is 0 Å². The second-order valence-corrected chi connectivity index (χ2v) is 10.0. The number of rotatable bonds is 0. The van der Waals surface area contributed by atoms with E-state index in [0.717, 1.165) is 25.7 Å². The number of allylic oxidation sites excluding steroid dienone is 2. The van der Waals surface area contributed by atoms with Crippen LogP contribution >= 0.6 is 0 Å². The molecule has 0 atom stereocenters. The van der Waals surface area contributed by atoms with Crippen molar-refractivity contribution in [3.8, 4) is 0 Å². The van der Waals surface area contributed by atoms with Crippen LogP contribution in [0.25, 0.3) is 21.5 Å². The molecule has 0 heteroatoms. The third-order valence-electron chi connectivity index (χ3n) is 7.61. The number of hydrogen-bond donors (Lipinski definition) is 0. The molecule has 0 bridgehead atoms. The summed E-state index contributed by atoms with van der Waals surface area (Å²) in [7, 11) is 0. The molecule has 0 radical (unpaired) electrons. The highest BCUT2D eigenvalue weighted by atomic mass is 14.2. The molecular weight excluding hydrogens is 456 g/mol. The van der Waals surface area contributed by atoms with Crippen molar-refractivity contribution < 1.29 is 0 Å². The topological polar surface area (TPSA) is 0 Å². The number of fused-ring (bicyclic) bond motifs is 6. The second kappa shape index (κ2) is 11.3. The first-order valence-corrected chi connectivity index (χ1v) is 13.6. The molecule has 0 saturated carbocycles. The highest BCUT2D eigenvalue weighted by Crippen LogP contribution is 2.26. The first-order chi connectivity index (χ1) is 18.8. The Morgan fingerprint density at radius 2 is 0.605 bits per heavy atom. The van der Waals surface area contributed by atoms with E-state index >= 15 is 0 Å². The Morgan fingerprint density at radius 1 is 0.289 bits per heavy atom. The Labute approximate surface area is 225 Å². The monoisotopic (exact) mass is 488 g/mol. The summed E-state index contributed by atoms with van der Waals surface area (Å²) < 4.78 is 0. The lowest BCUT2D eigenvalue weighted by Crippen LogP contribution is -2.06. The summed E-state index contributed by atoms with van der Waals surface area (Å²) in [6.07, 6.45) is 8.93. The molecule has 0 aliphatic heterocycles. The van der Waals surface area contributed by atoms with Crippen LogP contribution in [0.5, 0.6) is 0 Å². The SMILES string of the molecule is C1=CCc2ccccc2C1.c1ccc2c(c1)Cc1ccccc1C2.c1ccc2c(c1)ccc1ccccc12. The minimum atomic E-state index is 1.10. The Kier molecular flexibility index (Phi) is 7.13. The van der Waals surface area contributed by atoms with Crippen molar-refractivity contribution in [3.63, 3.8) is 0 Å². The average molecular weight is 489 g/mol. The lowest BCUT2D eigenvalue weighted by molar-refractivity contribution is 1.00. The zero-order valence-corrected chi connectivity index (χ0v) is 21.7. The molecule has 6 aromatic rings. The molecule has 0 saturated heterocycles. The molecule has 8 rings (SSSR count). The van der Waals surface area contributed by atoms with Crippen LogP contribution in [0.2, 0.25) is 0 Å². The van der Waals surface area contributed by atoms with Gasteiger partial charge in [0.05, 0.1) is 0 Å². The van der Waals surface area contributed by atoms with Crippen LogP contribution in [0.15, 0.2) is 146 Å². The van der Waals surface area contributed by atoms with E-state index in [9.17, 15) is 0 Å². The highest BCUT2D eigenvalue weighted by Gasteiger charge is 2.13. The van der Waals surface area contributed by atoms with Crippen LogP contribution < -0.4 is 0 Å². The minimum Gasteiger partial charge on any atom is -0.0838 e. The maximum atomic E-state index is 2.24. The number of benzene rings is 6. The molecular formula is C38H32. The van der Waals surface area contributed by atoms with Crippen molar-refractivity contribution in [2.24, 2.45) is 0 Å². The zero-order valence-electron chi connectivity index (χ0n) is 21.7. The van der Waals surface area contributed by atoms with Gasteiger partial charge in [-0.15, -0.1) is 0 Å². The molecule has 0 heterocycles. The van der Waals surface area contributed by atoms with Gasteiger partial charge in [-0.05, 0) is 80.6 Å². The van der Waals surface area contributed by atoms with E-state index in [4.69, 9.17) is 0 Å². The van der Waals surface area contributed by atoms with E-state index in [0.29, 0.717) is 0 Å². The molecule has 6 aromatic carbocycles. The van der Waals surface area contributed by atoms with Crippen molar-refractivity contribution in [1.82, 2.24) is 0 Å². The predicted molar refractivity (Wildman–Crippen MR) is 163 cm³/mol. The first kappa shape index (κ1) is 23.9. The Balaban J connectivity index is 0.000000106. The van der Waals surface area contributed by atoms with Crippen LogP contribution in [-0.2, 0) is 25.7 Å². The van der Waals surface area contributed by atoms with E-state index in [-0.39, 0.29) is 0 Å². The maximum Gasteiger partial charge on any atom is -0.00201 e. The van der Waals surface area contributed by atoms with E-state index in [1.54, 1.807) is 0 Å². The summed E-state index contributed by atoms with van der Waals surface area (Å²) in [6, 6.07) is 47.5. The Hall–Kier alpha value is -4.42. The Morgan fingerprint density at radius 3 is 1.00 bits per heavy atom. The van der Waals surface area contributed by atoms with Crippen LogP contribution in [0.1, 0.15) is 33.4 Å². The normalized spacial score (nSPS) is 12.7. The predicted octanol–water partition coefficient (Wildman–Crippen LogP) is 9.52. The average Bonchev–Trinajstić information content (AvgIpc) is 3.01. The quantitative estimate of drug-likeness (QED) is 0.147. The molecule has 0 nitrogen and oxygen atoms in total. The largest absolute Gasteiger partial charge is 0.0838 e. The third kappa shape index (κ3) is 5.31. The molecule has 0 unspecified atom stereocenters. The van der Waals surface area contributed by atoms with Crippen molar-refractivity contribution in [1.29, 1.82) is 0 Å². The summed E-state index contributed by atoms with van der Waals surface area (Å²) in [5.41, 5.74) is 8.95. The summed E-state index contributed by atoms with van der Waals surface area (Å²) in [6.45, 7) is 0. The van der Waals surface area contributed by atoms with Gasteiger partial charge in [-0.3, -0.25) is 0 Å². The van der Waals surface area contributed by atoms with Gasteiger partial charge in [-0.25, -0.2) is 0 Å². The molecule has 0 N–H and O–H groups in total. The molecule has 2 aliphatic rings. The lowest BCUT2D eigenvalue weighted by atomic mass is 9.86. The van der Waals surface area contributed by atoms with E-state index in [1.165, 1.54) is 54.9 Å². The molecule has 2 aliphatic carbocycles. The van der Waals surface area contributed by atoms with Gasteiger partial charge in [0.1, 0.15) is 0 Å². The van der Waals surface area contributed by atoms with Gasteiger partial charge in [-0.2, -0.15) is 0 Å². The zero-order chi connectivity index (χ0) is 25.6. The van der Waals surface area contributed by atoms with Gasteiger partial charge in [0, 0.05) is 0 Å². The van der Waals surface area contributed by atoms with Gasteiger partial charge < -0.3 is 0 Å².